The minimum absolute atomic E-state index is 0.293. The summed E-state index contributed by atoms with van der Waals surface area (Å²) >= 11 is 0. The molecular weight excluding hydrogens is 544 g/mol. The van der Waals surface area contributed by atoms with E-state index in [4.69, 9.17) is 18.9 Å². The zero-order valence-electron chi connectivity index (χ0n) is 24.3. The molecule has 9 heteroatoms. The molecule has 43 heavy (non-hydrogen) atoms. The second-order valence-corrected chi connectivity index (χ2v) is 10.1. The summed E-state index contributed by atoms with van der Waals surface area (Å²) in [5.41, 5.74) is 4.64. The summed E-state index contributed by atoms with van der Waals surface area (Å²) in [6.45, 7) is 7.71. The first kappa shape index (κ1) is 27.7. The van der Waals surface area contributed by atoms with Crippen LogP contribution < -0.4 is 10.3 Å². The van der Waals surface area contributed by atoms with Crippen molar-refractivity contribution in [3.63, 3.8) is 0 Å². The monoisotopic (exact) mass is 574 g/mol. The third-order valence-corrected chi connectivity index (χ3v) is 7.21. The maximum absolute atomic E-state index is 13.6. The third kappa shape index (κ3) is 5.32. The van der Waals surface area contributed by atoms with Crippen LogP contribution in [0.3, 0.4) is 0 Å². The van der Waals surface area contributed by atoms with Gasteiger partial charge in [-0.15, -0.1) is 0 Å². The van der Waals surface area contributed by atoms with E-state index in [0.29, 0.717) is 40.4 Å². The molecule has 3 aromatic carbocycles. The van der Waals surface area contributed by atoms with Crippen LogP contribution in [-0.4, -0.2) is 39.1 Å². The minimum atomic E-state index is -0.707. The van der Waals surface area contributed by atoms with Gasteiger partial charge < -0.3 is 18.5 Å². The van der Waals surface area contributed by atoms with E-state index in [1.54, 1.807) is 32.2 Å². The molecule has 0 amide bonds. The molecule has 0 saturated heterocycles. The Balaban J connectivity index is 1.35. The molecule has 216 valence electrons. The minimum Gasteiger partial charge on any atom is -0.479 e. The Hall–Kier alpha value is -5.44. The van der Waals surface area contributed by atoms with Crippen molar-refractivity contribution in [3.05, 3.63) is 112 Å². The van der Waals surface area contributed by atoms with Crippen molar-refractivity contribution >= 4 is 34.1 Å². The molecular formula is C34H30N4O5. The smallest absolute Gasteiger partial charge is 0.347 e. The number of hydrogen-bond acceptors (Lipinski definition) is 7. The molecule has 6 aromatic rings. The molecule has 0 N–H and O–H groups in total. The Morgan fingerprint density at radius 2 is 1.77 bits per heavy atom. The molecule has 9 nitrogen and oxygen atoms in total. The largest absolute Gasteiger partial charge is 0.479 e. The number of carbonyl (C=O) groups excluding carboxylic acids is 1. The first-order chi connectivity index (χ1) is 20.8. The Morgan fingerprint density at radius 1 is 1.02 bits per heavy atom. The SMILES string of the molecule is CCOC(=O)[C@H](C)Oc1ccc(-n2c(C)cc(C=Nn3c(-c4cc5ccccc5o4)nc4ccccc4c3=O)c2C)cc1. The number of nitrogens with zero attached hydrogens (tertiary/aromatic N) is 4. The summed E-state index contributed by atoms with van der Waals surface area (Å²) in [5, 5.41) is 6.01. The highest BCUT2D eigenvalue weighted by Crippen LogP contribution is 2.27. The van der Waals surface area contributed by atoms with Gasteiger partial charge in [-0.05, 0) is 82.3 Å². The lowest BCUT2D eigenvalue weighted by molar-refractivity contribution is -0.150. The number of para-hydroxylation sites is 2. The maximum atomic E-state index is 13.6. The Kier molecular flexibility index (Phi) is 7.38. The van der Waals surface area contributed by atoms with E-state index in [2.05, 4.69) is 9.67 Å². The number of rotatable bonds is 8. The number of aromatic nitrogens is 3. The van der Waals surface area contributed by atoms with Gasteiger partial charge in [-0.1, -0.05) is 30.3 Å². The summed E-state index contributed by atoms with van der Waals surface area (Å²) in [5.74, 6) is 0.926. The van der Waals surface area contributed by atoms with Crippen molar-refractivity contribution in [2.45, 2.75) is 33.8 Å². The number of aryl methyl sites for hydroxylation is 1. The van der Waals surface area contributed by atoms with Gasteiger partial charge in [-0.2, -0.15) is 9.78 Å². The van der Waals surface area contributed by atoms with Crippen LogP contribution in [0.2, 0.25) is 0 Å². The van der Waals surface area contributed by atoms with Crippen molar-refractivity contribution in [2.75, 3.05) is 6.61 Å². The Labute approximate surface area is 247 Å². The number of fused-ring (bicyclic) bond motifs is 2. The van der Waals surface area contributed by atoms with Gasteiger partial charge in [-0.3, -0.25) is 4.79 Å². The average Bonchev–Trinajstić information content (AvgIpc) is 3.57. The van der Waals surface area contributed by atoms with Crippen LogP contribution in [-0.2, 0) is 9.53 Å². The van der Waals surface area contributed by atoms with E-state index in [1.165, 1.54) is 4.68 Å². The van der Waals surface area contributed by atoms with Crippen LogP contribution in [0.5, 0.6) is 5.75 Å². The van der Waals surface area contributed by atoms with Crippen LogP contribution in [0.25, 0.3) is 39.1 Å². The lowest BCUT2D eigenvalue weighted by Gasteiger charge is -2.14. The molecule has 0 aliphatic carbocycles. The van der Waals surface area contributed by atoms with E-state index >= 15 is 0 Å². The molecule has 0 aliphatic heterocycles. The zero-order valence-corrected chi connectivity index (χ0v) is 24.3. The van der Waals surface area contributed by atoms with Crippen LogP contribution in [0, 0.1) is 13.8 Å². The normalized spacial score (nSPS) is 12.3. The highest BCUT2D eigenvalue weighted by atomic mass is 16.6. The van der Waals surface area contributed by atoms with Gasteiger partial charge in [0.05, 0.1) is 23.7 Å². The number of ether oxygens (including phenoxy) is 2. The molecule has 0 aliphatic rings. The van der Waals surface area contributed by atoms with Gasteiger partial charge >= 0.3 is 5.97 Å². The fraction of sp³-hybridized carbons (Fsp3) is 0.176. The average molecular weight is 575 g/mol. The van der Waals surface area contributed by atoms with Gasteiger partial charge in [0.1, 0.15) is 11.3 Å². The molecule has 0 spiro atoms. The lowest BCUT2D eigenvalue weighted by Crippen LogP contribution is -2.26. The Bertz CT molecular complexity index is 2020. The fourth-order valence-corrected chi connectivity index (χ4v) is 5.10. The predicted molar refractivity (Wildman–Crippen MR) is 166 cm³/mol. The molecule has 0 saturated carbocycles. The topological polar surface area (TPSA) is 101 Å². The number of benzene rings is 3. The van der Waals surface area contributed by atoms with Crippen LogP contribution in [0.15, 0.2) is 99.2 Å². The lowest BCUT2D eigenvalue weighted by atomic mass is 10.2. The zero-order chi connectivity index (χ0) is 30.1. The second-order valence-electron chi connectivity index (χ2n) is 10.1. The van der Waals surface area contributed by atoms with Crippen molar-refractivity contribution in [1.29, 1.82) is 0 Å². The summed E-state index contributed by atoms with van der Waals surface area (Å²) in [6, 6.07) is 26.2. The molecule has 0 bridgehead atoms. The number of esters is 1. The summed E-state index contributed by atoms with van der Waals surface area (Å²) < 4.78 is 20.2. The second kappa shape index (κ2) is 11.4. The van der Waals surface area contributed by atoms with Crippen LogP contribution in [0.1, 0.15) is 30.8 Å². The molecule has 0 fully saturated rings. The number of carbonyl (C=O) groups is 1. The van der Waals surface area contributed by atoms with E-state index in [0.717, 1.165) is 28.0 Å². The van der Waals surface area contributed by atoms with Gasteiger partial charge in [0, 0.05) is 28.0 Å². The third-order valence-electron chi connectivity index (χ3n) is 7.21. The van der Waals surface area contributed by atoms with Crippen molar-refractivity contribution in [3.8, 4) is 23.0 Å². The van der Waals surface area contributed by atoms with E-state index in [9.17, 15) is 9.59 Å². The Morgan fingerprint density at radius 3 is 2.53 bits per heavy atom. The molecule has 0 unspecified atom stereocenters. The first-order valence-corrected chi connectivity index (χ1v) is 14.0. The van der Waals surface area contributed by atoms with E-state index in [1.807, 2.05) is 86.6 Å². The molecule has 3 aromatic heterocycles. The highest BCUT2D eigenvalue weighted by molar-refractivity contribution is 5.85. The van der Waals surface area contributed by atoms with Gasteiger partial charge in [-0.25, -0.2) is 9.78 Å². The molecule has 3 heterocycles. The first-order valence-electron chi connectivity index (χ1n) is 14.0. The van der Waals surface area contributed by atoms with Gasteiger partial charge in [0.15, 0.2) is 11.9 Å². The highest BCUT2D eigenvalue weighted by Gasteiger charge is 2.18. The standard InChI is InChI=1S/C34H30N4O5/c1-5-41-34(40)23(4)42-27-16-14-26(15-17-27)37-21(2)18-25(22(37)3)20-35-38-32(31-19-24-10-6-9-13-30(24)43-31)36-29-12-8-7-11-28(29)33(38)39/h6-20,23H,5H2,1-4H3/t23-/m0/s1. The predicted octanol–water partition coefficient (Wildman–Crippen LogP) is 6.43. The molecule has 0 radical (unpaired) electrons. The molecule has 6 rings (SSSR count). The van der Waals surface area contributed by atoms with Crippen LogP contribution >= 0.6 is 0 Å². The summed E-state index contributed by atoms with van der Waals surface area (Å²) in [7, 11) is 0. The summed E-state index contributed by atoms with van der Waals surface area (Å²) in [4.78, 5) is 30.3. The van der Waals surface area contributed by atoms with Crippen molar-refractivity contribution in [2.24, 2.45) is 5.10 Å². The van der Waals surface area contributed by atoms with E-state index < -0.39 is 12.1 Å². The quantitative estimate of drug-likeness (QED) is 0.153. The number of furan rings is 1. The van der Waals surface area contributed by atoms with Gasteiger partial charge in [0.2, 0.25) is 5.82 Å². The van der Waals surface area contributed by atoms with Crippen molar-refractivity contribution < 1.29 is 18.7 Å². The van der Waals surface area contributed by atoms with E-state index in [-0.39, 0.29) is 5.56 Å². The fourth-order valence-electron chi connectivity index (χ4n) is 5.10. The van der Waals surface area contributed by atoms with Gasteiger partial charge in [0.25, 0.3) is 5.56 Å². The maximum Gasteiger partial charge on any atom is 0.347 e. The number of hydrogen-bond donors (Lipinski definition) is 0. The molecule has 1 atom stereocenters. The van der Waals surface area contributed by atoms with Crippen LogP contribution in [0.4, 0.5) is 0 Å². The van der Waals surface area contributed by atoms with Crippen molar-refractivity contribution in [1.82, 2.24) is 14.2 Å². The summed E-state index contributed by atoms with van der Waals surface area (Å²) in [6.07, 6.45) is 0.961.